The molecule has 1 aliphatic heterocycles. The Balaban J connectivity index is 2.07. The highest BCUT2D eigenvalue weighted by Gasteiger charge is 2.16. The molecule has 1 N–H and O–H groups in total. The number of nitrogens with one attached hydrogen (secondary N) is 1. The molecule has 1 fully saturated rings. The van der Waals surface area contributed by atoms with Gasteiger partial charge in [-0.3, -0.25) is 0 Å². The van der Waals surface area contributed by atoms with Crippen molar-refractivity contribution in [2.24, 2.45) is 5.92 Å². The molecular formula is C13H16N2OS. The maximum Gasteiger partial charge on any atom is 0.138 e. The highest BCUT2D eigenvalue weighted by Crippen LogP contribution is 2.28. The second-order valence-corrected chi connectivity index (χ2v) is 4.96. The fraction of sp³-hybridized carbons (Fsp3) is 0.462. The predicted molar refractivity (Wildman–Crippen MR) is 69.4 cm³/mol. The van der Waals surface area contributed by atoms with Crippen LogP contribution in [0.2, 0.25) is 0 Å². The third-order valence-corrected chi connectivity index (χ3v) is 3.74. The molecule has 1 aromatic rings. The van der Waals surface area contributed by atoms with Crippen molar-refractivity contribution in [3.8, 4) is 11.8 Å². The summed E-state index contributed by atoms with van der Waals surface area (Å²) >= 11 is 1.58. The summed E-state index contributed by atoms with van der Waals surface area (Å²) in [6, 6.07) is 8.00. The molecule has 3 nitrogen and oxygen atoms in total. The quantitative estimate of drug-likeness (QED) is 0.830. The zero-order valence-electron chi connectivity index (χ0n) is 9.90. The summed E-state index contributed by atoms with van der Waals surface area (Å²) in [5.74, 6) is 1.28. The zero-order chi connectivity index (χ0) is 12.1. The van der Waals surface area contributed by atoms with Gasteiger partial charge in [0.1, 0.15) is 17.4 Å². The molecule has 1 atom stereocenters. The van der Waals surface area contributed by atoms with Crippen LogP contribution < -0.4 is 10.1 Å². The van der Waals surface area contributed by atoms with Crippen molar-refractivity contribution in [1.82, 2.24) is 5.32 Å². The largest absolute Gasteiger partial charge is 0.492 e. The van der Waals surface area contributed by atoms with Crippen LogP contribution >= 0.6 is 11.8 Å². The Morgan fingerprint density at radius 2 is 2.47 bits per heavy atom. The van der Waals surface area contributed by atoms with Crippen molar-refractivity contribution < 1.29 is 4.74 Å². The van der Waals surface area contributed by atoms with E-state index in [0.29, 0.717) is 23.8 Å². The van der Waals surface area contributed by atoms with Gasteiger partial charge in [0.25, 0.3) is 0 Å². The van der Waals surface area contributed by atoms with Gasteiger partial charge in [0, 0.05) is 17.4 Å². The summed E-state index contributed by atoms with van der Waals surface area (Å²) in [5, 5.41) is 12.5. The number of rotatable bonds is 4. The molecule has 4 heteroatoms. The molecular weight excluding hydrogens is 232 g/mol. The lowest BCUT2D eigenvalue weighted by Gasteiger charge is -2.13. The Bertz CT molecular complexity index is 422. The van der Waals surface area contributed by atoms with Crippen molar-refractivity contribution in [2.45, 2.75) is 11.3 Å². The Morgan fingerprint density at radius 1 is 1.59 bits per heavy atom. The van der Waals surface area contributed by atoms with Crippen molar-refractivity contribution in [3.05, 3.63) is 23.8 Å². The fourth-order valence-corrected chi connectivity index (χ4v) is 2.54. The maximum absolute atomic E-state index is 9.17. The molecule has 90 valence electrons. The minimum absolute atomic E-state index is 0.569. The molecule has 1 unspecified atom stereocenters. The Morgan fingerprint density at radius 3 is 3.12 bits per heavy atom. The summed E-state index contributed by atoms with van der Waals surface area (Å²) in [6.07, 6.45) is 3.13. The SMILES string of the molecule is CSc1cccc(OCC2CCNC2)c1C#N. The number of ether oxygens (including phenoxy) is 1. The third-order valence-electron chi connectivity index (χ3n) is 2.96. The van der Waals surface area contributed by atoms with E-state index in [1.807, 2.05) is 24.5 Å². The Hall–Kier alpha value is -1.18. The zero-order valence-corrected chi connectivity index (χ0v) is 10.7. The van der Waals surface area contributed by atoms with Gasteiger partial charge in [0.2, 0.25) is 0 Å². The smallest absolute Gasteiger partial charge is 0.138 e. The number of thioether (sulfide) groups is 1. The van der Waals surface area contributed by atoms with Crippen LogP contribution in [0.1, 0.15) is 12.0 Å². The molecule has 1 aromatic carbocycles. The number of nitriles is 1. The number of benzene rings is 1. The first kappa shape index (κ1) is 12.3. The fourth-order valence-electron chi connectivity index (χ4n) is 1.98. The summed E-state index contributed by atoms with van der Waals surface area (Å²) in [5.41, 5.74) is 0.658. The van der Waals surface area contributed by atoms with Crippen LogP contribution in [0.5, 0.6) is 5.75 Å². The molecule has 0 bridgehead atoms. The van der Waals surface area contributed by atoms with Gasteiger partial charge < -0.3 is 10.1 Å². The van der Waals surface area contributed by atoms with E-state index < -0.39 is 0 Å². The average molecular weight is 248 g/mol. The van der Waals surface area contributed by atoms with Crippen LogP contribution in [-0.4, -0.2) is 26.0 Å². The van der Waals surface area contributed by atoms with Gasteiger partial charge in [0.15, 0.2) is 0 Å². The summed E-state index contributed by atoms with van der Waals surface area (Å²) in [7, 11) is 0. The second-order valence-electron chi connectivity index (χ2n) is 4.12. The minimum atomic E-state index is 0.569. The van der Waals surface area contributed by atoms with E-state index in [-0.39, 0.29) is 0 Å². The maximum atomic E-state index is 9.17. The van der Waals surface area contributed by atoms with E-state index in [9.17, 15) is 0 Å². The normalized spacial score (nSPS) is 18.9. The number of nitrogens with zero attached hydrogens (tertiary/aromatic N) is 1. The van der Waals surface area contributed by atoms with Crippen molar-refractivity contribution in [2.75, 3.05) is 26.0 Å². The molecule has 1 heterocycles. The number of hydrogen-bond donors (Lipinski definition) is 1. The lowest BCUT2D eigenvalue weighted by Crippen LogP contribution is -2.15. The second kappa shape index (κ2) is 5.95. The first-order valence-electron chi connectivity index (χ1n) is 5.75. The minimum Gasteiger partial charge on any atom is -0.492 e. The molecule has 17 heavy (non-hydrogen) atoms. The molecule has 0 aromatic heterocycles. The van der Waals surface area contributed by atoms with E-state index in [4.69, 9.17) is 10.00 Å². The molecule has 2 rings (SSSR count). The van der Waals surface area contributed by atoms with Crippen LogP contribution in [0.25, 0.3) is 0 Å². The average Bonchev–Trinajstić information content (AvgIpc) is 2.88. The molecule has 1 aliphatic rings. The monoisotopic (exact) mass is 248 g/mol. The lowest BCUT2D eigenvalue weighted by atomic mass is 10.1. The van der Waals surface area contributed by atoms with E-state index in [0.717, 1.165) is 24.4 Å². The van der Waals surface area contributed by atoms with Crippen LogP contribution in [0, 0.1) is 17.2 Å². The van der Waals surface area contributed by atoms with Gasteiger partial charge in [-0.05, 0) is 31.4 Å². The third kappa shape index (κ3) is 2.93. The highest BCUT2D eigenvalue weighted by atomic mass is 32.2. The standard InChI is InChI=1S/C13H16N2OS/c1-17-13-4-2-3-12(11(13)7-14)16-9-10-5-6-15-8-10/h2-4,10,15H,5-6,8-9H2,1H3. The Labute approximate surface area is 106 Å². The van der Waals surface area contributed by atoms with Crippen LogP contribution in [0.15, 0.2) is 23.1 Å². The van der Waals surface area contributed by atoms with Crippen molar-refractivity contribution >= 4 is 11.8 Å². The highest BCUT2D eigenvalue weighted by molar-refractivity contribution is 7.98. The van der Waals surface area contributed by atoms with Gasteiger partial charge in [0.05, 0.1) is 6.61 Å². The van der Waals surface area contributed by atoms with E-state index in [1.54, 1.807) is 11.8 Å². The van der Waals surface area contributed by atoms with Gasteiger partial charge >= 0.3 is 0 Å². The molecule has 0 saturated carbocycles. The van der Waals surface area contributed by atoms with E-state index >= 15 is 0 Å². The lowest BCUT2D eigenvalue weighted by molar-refractivity contribution is 0.259. The van der Waals surface area contributed by atoms with Crippen LogP contribution in [-0.2, 0) is 0 Å². The van der Waals surface area contributed by atoms with Gasteiger partial charge in [-0.25, -0.2) is 0 Å². The summed E-state index contributed by atoms with van der Waals surface area (Å²) < 4.78 is 5.78. The molecule has 0 radical (unpaired) electrons. The topological polar surface area (TPSA) is 45.0 Å². The molecule has 0 aliphatic carbocycles. The van der Waals surface area contributed by atoms with Gasteiger partial charge in [-0.2, -0.15) is 5.26 Å². The number of hydrogen-bond acceptors (Lipinski definition) is 4. The first-order chi connectivity index (χ1) is 8.35. The first-order valence-corrected chi connectivity index (χ1v) is 6.98. The molecule has 1 saturated heterocycles. The molecule has 0 spiro atoms. The summed E-state index contributed by atoms with van der Waals surface area (Å²) in [4.78, 5) is 0.981. The van der Waals surface area contributed by atoms with Gasteiger partial charge in [-0.1, -0.05) is 6.07 Å². The summed E-state index contributed by atoms with van der Waals surface area (Å²) in [6.45, 7) is 2.79. The van der Waals surface area contributed by atoms with Crippen molar-refractivity contribution in [1.29, 1.82) is 5.26 Å². The van der Waals surface area contributed by atoms with Crippen molar-refractivity contribution in [3.63, 3.8) is 0 Å². The van der Waals surface area contributed by atoms with Crippen LogP contribution in [0.3, 0.4) is 0 Å². The van der Waals surface area contributed by atoms with Gasteiger partial charge in [-0.15, -0.1) is 11.8 Å². The van der Waals surface area contributed by atoms with Crippen LogP contribution in [0.4, 0.5) is 0 Å². The Kier molecular flexibility index (Phi) is 4.29. The predicted octanol–water partition coefficient (Wildman–Crippen LogP) is 2.27. The van der Waals surface area contributed by atoms with E-state index in [1.165, 1.54) is 0 Å². The van der Waals surface area contributed by atoms with E-state index in [2.05, 4.69) is 11.4 Å². The molecule has 0 amide bonds.